The predicted molar refractivity (Wildman–Crippen MR) is 54.0 cm³/mol. The van der Waals surface area contributed by atoms with Crippen molar-refractivity contribution in [3.8, 4) is 12.3 Å². The van der Waals surface area contributed by atoms with Crippen LogP contribution in [0.4, 0.5) is 5.69 Å². The number of hydrogen-bond acceptors (Lipinski definition) is 1. The van der Waals surface area contributed by atoms with Crippen molar-refractivity contribution in [1.29, 1.82) is 0 Å². The molecule has 0 atom stereocenters. The van der Waals surface area contributed by atoms with Crippen LogP contribution in [0, 0.1) is 12.3 Å². The molecule has 0 radical (unpaired) electrons. The summed E-state index contributed by atoms with van der Waals surface area (Å²) >= 11 is 0. The highest BCUT2D eigenvalue weighted by Gasteiger charge is 2.00. The first kappa shape index (κ1) is 8.42. The highest BCUT2D eigenvalue weighted by Crippen LogP contribution is 2.20. The summed E-state index contributed by atoms with van der Waals surface area (Å²) in [4.78, 5) is 0. The van der Waals surface area contributed by atoms with E-state index < -0.39 is 0 Å². The standard InChI is InChI=1S/C11H11N/c1-4-9-7-6-8-10(5-2)11(9)12-3/h1,5-8,12H,2H2,3H3. The third-order valence-electron chi connectivity index (χ3n) is 1.72. The molecule has 12 heavy (non-hydrogen) atoms. The SMILES string of the molecule is C#Cc1cccc(C=C)c1NC. The summed E-state index contributed by atoms with van der Waals surface area (Å²) in [6.07, 6.45) is 7.11. The smallest absolute Gasteiger partial charge is 0.0569 e. The van der Waals surface area contributed by atoms with Gasteiger partial charge in [-0.15, -0.1) is 6.42 Å². The van der Waals surface area contributed by atoms with Gasteiger partial charge in [-0.2, -0.15) is 0 Å². The largest absolute Gasteiger partial charge is 0.387 e. The average molecular weight is 157 g/mol. The fraction of sp³-hybridized carbons (Fsp3) is 0.0909. The molecule has 0 bridgehead atoms. The summed E-state index contributed by atoms with van der Waals surface area (Å²) in [6, 6.07) is 5.80. The van der Waals surface area contributed by atoms with E-state index in [1.54, 1.807) is 6.08 Å². The van der Waals surface area contributed by atoms with Crippen molar-refractivity contribution in [1.82, 2.24) is 0 Å². The summed E-state index contributed by atoms with van der Waals surface area (Å²) in [5, 5.41) is 3.05. The number of hydrogen-bond donors (Lipinski definition) is 1. The zero-order chi connectivity index (χ0) is 8.97. The molecule has 60 valence electrons. The molecule has 0 saturated heterocycles. The molecule has 0 heterocycles. The fourth-order valence-electron chi connectivity index (χ4n) is 1.14. The third kappa shape index (κ3) is 1.33. The van der Waals surface area contributed by atoms with Gasteiger partial charge in [-0.05, 0) is 11.6 Å². The Kier molecular flexibility index (Phi) is 2.55. The topological polar surface area (TPSA) is 12.0 Å². The Labute approximate surface area is 73.1 Å². The predicted octanol–water partition coefficient (Wildman–Crippen LogP) is 2.35. The van der Waals surface area contributed by atoms with Gasteiger partial charge in [0.15, 0.2) is 0 Å². The van der Waals surface area contributed by atoms with Gasteiger partial charge in [0.2, 0.25) is 0 Å². The zero-order valence-corrected chi connectivity index (χ0v) is 7.09. The number of para-hydroxylation sites is 1. The van der Waals surface area contributed by atoms with Gasteiger partial charge in [0, 0.05) is 12.6 Å². The lowest BCUT2D eigenvalue weighted by Crippen LogP contribution is -1.94. The first-order valence-electron chi connectivity index (χ1n) is 3.73. The summed E-state index contributed by atoms with van der Waals surface area (Å²) in [5.41, 5.74) is 2.87. The fourth-order valence-corrected chi connectivity index (χ4v) is 1.14. The second kappa shape index (κ2) is 3.64. The van der Waals surface area contributed by atoms with Crippen LogP contribution in [0.3, 0.4) is 0 Å². The van der Waals surface area contributed by atoms with Crippen LogP contribution >= 0.6 is 0 Å². The van der Waals surface area contributed by atoms with E-state index in [9.17, 15) is 0 Å². The van der Waals surface area contributed by atoms with Crippen LogP contribution in [0.25, 0.3) is 6.08 Å². The molecule has 1 N–H and O–H groups in total. The molecule has 0 spiro atoms. The normalized spacial score (nSPS) is 8.67. The molecule has 1 rings (SSSR count). The lowest BCUT2D eigenvalue weighted by Gasteiger charge is -2.06. The van der Waals surface area contributed by atoms with E-state index in [0.29, 0.717) is 0 Å². The van der Waals surface area contributed by atoms with Gasteiger partial charge in [-0.3, -0.25) is 0 Å². The summed E-state index contributed by atoms with van der Waals surface area (Å²) in [5.74, 6) is 2.61. The summed E-state index contributed by atoms with van der Waals surface area (Å²) in [7, 11) is 1.85. The molecule has 0 saturated carbocycles. The molecule has 0 aliphatic rings. The maximum absolute atomic E-state index is 5.33. The molecule has 1 heteroatoms. The second-order valence-corrected chi connectivity index (χ2v) is 2.37. The summed E-state index contributed by atoms with van der Waals surface area (Å²) < 4.78 is 0. The molecule has 0 amide bonds. The van der Waals surface area contributed by atoms with E-state index in [1.165, 1.54) is 0 Å². The minimum absolute atomic E-state index is 0.870. The molecule has 0 unspecified atom stereocenters. The number of benzene rings is 1. The molecular weight excluding hydrogens is 146 g/mol. The Morgan fingerprint density at radius 1 is 1.58 bits per heavy atom. The number of rotatable bonds is 2. The van der Waals surface area contributed by atoms with Crippen molar-refractivity contribution < 1.29 is 0 Å². The Hall–Kier alpha value is -1.68. The van der Waals surface area contributed by atoms with Crippen LogP contribution in [0.15, 0.2) is 24.8 Å². The maximum atomic E-state index is 5.33. The van der Waals surface area contributed by atoms with E-state index in [2.05, 4.69) is 17.8 Å². The molecule has 1 nitrogen and oxygen atoms in total. The van der Waals surface area contributed by atoms with E-state index in [4.69, 9.17) is 6.42 Å². The second-order valence-electron chi connectivity index (χ2n) is 2.37. The van der Waals surface area contributed by atoms with Crippen molar-refractivity contribution in [3.05, 3.63) is 35.9 Å². The monoisotopic (exact) mass is 157 g/mol. The number of terminal acetylenes is 1. The molecule has 0 aromatic heterocycles. The van der Waals surface area contributed by atoms with Crippen molar-refractivity contribution in [2.45, 2.75) is 0 Å². The Morgan fingerprint density at radius 3 is 2.83 bits per heavy atom. The van der Waals surface area contributed by atoms with E-state index >= 15 is 0 Å². The Bertz CT molecular complexity index is 331. The Morgan fingerprint density at radius 2 is 2.33 bits per heavy atom. The zero-order valence-electron chi connectivity index (χ0n) is 7.09. The highest BCUT2D eigenvalue weighted by atomic mass is 14.8. The van der Waals surface area contributed by atoms with Gasteiger partial charge in [0.1, 0.15) is 0 Å². The van der Waals surface area contributed by atoms with Gasteiger partial charge < -0.3 is 5.32 Å². The lowest BCUT2D eigenvalue weighted by atomic mass is 10.1. The lowest BCUT2D eigenvalue weighted by molar-refractivity contribution is 1.47. The van der Waals surface area contributed by atoms with Crippen LogP contribution < -0.4 is 5.32 Å². The number of nitrogens with one attached hydrogen (secondary N) is 1. The van der Waals surface area contributed by atoms with E-state index in [-0.39, 0.29) is 0 Å². The van der Waals surface area contributed by atoms with Gasteiger partial charge in [-0.1, -0.05) is 30.7 Å². The summed E-state index contributed by atoms with van der Waals surface area (Å²) in [6.45, 7) is 3.71. The van der Waals surface area contributed by atoms with Crippen LogP contribution in [-0.2, 0) is 0 Å². The van der Waals surface area contributed by atoms with Crippen molar-refractivity contribution in [2.75, 3.05) is 12.4 Å². The quantitative estimate of drug-likeness (QED) is 0.650. The molecule has 1 aromatic rings. The maximum Gasteiger partial charge on any atom is 0.0569 e. The van der Waals surface area contributed by atoms with Gasteiger partial charge in [-0.25, -0.2) is 0 Å². The minimum Gasteiger partial charge on any atom is -0.387 e. The van der Waals surface area contributed by atoms with Crippen LogP contribution in [-0.4, -0.2) is 7.05 Å². The van der Waals surface area contributed by atoms with E-state index in [1.807, 2.05) is 25.2 Å². The molecular formula is C11H11N. The van der Waals surface area contributed by atoms with Crippen molar-refractivity contribution in [2.24, 2.45) is 0 Å². The first-order valence-corrected chi connectivity index (χ1v) is 3.73. The first-order chi connectivity index (χ1) is 5.83. The van der Waals surface area contributed by atoms with E-state index in [0.717, 1.165) is 16.8 Å². The van der Waals surface area contributed by atoms with Crippen LogP contribution in [0.5, 0.6) is 0 Å². The minimum atomic E-state index is 0.870. The molecule has 0 fully saturated rings. The van der Waals surface area contributed by atoms with Crippen molar-refractivity contribution in [3.63, 3.8) is 0 Å². The van der Waals surface area contributed by atoms with Crippen LogP contribution in [0.1, 0.15) is 11.1 Å². The average Bonchev–Trinajstić information content (AvgIpc) is 2.16. The van der Waals surface area contributed by atoms with Crippen LogP contribution in [0.2, 0.25) is 0 Å². The third-order valence-corrected chi connectivity index (χ3v) is 1.72. The Balaban J connectivity index is 3.34. The molecule has 0 aliphatic heterocycles. The van der Waals surface area contributed by atoms with Gasteiger partial charge >= 0.3 is 0 Å². The van der Waals surface area contributed by atoms with Crippen molar-refractivity contribution >= 4 is 11.8 Å². The number of anilines is 1. The van der Waals surface area contributed by atoms with Gasteiger partial charge in [0.25, 0.3) is 0 Å². The highest BCUT2D eigenvalue weighted by molar-refractivity contribution is 5.72. The van der Waals surface area contributed by atoms with Gasteiger partial charge in [0.05, 0.1) is 5.69 Å². The molecule has 1 aromatic carbocycles. The molecule has 0 aliphatic carbocycles.